The molecule has 0 unspecified atom stereocenters. The van der Waals surface area contributed by atoms with E-state index < -0.39 is 24.7 Å². The molecule has 0 aromatic heterocycles. The molecule has 1 aromatic rings. The van der Waals surface area contributed by atoms with Crippen LogP contribution in [0.15, 0.2) is 24.3 Å². The lowest BCUT2D eigenvalue weighted by Gasteiger charge is -1.89. The summed E-state index contributed by atoms with van der Waals surface area (Å²) in [5.74, 6) is -0.799. The van der Waals surface area contributed by atoms with Crippen molar-refractivity contribution in [3.63, 3.8) is 0 Å². The first-order valence-electron chi connectivity index (χ1n) is 3.25. The molecule has 5 nitrogen and oxygen atoms in total. The first kappa shape index (κ1) is 14.1. The molecule has 0 radical (unpaired) electrons. The fraction of sp³-hybridized carbons (Fsp3) is 0. The van der Waals surface area contributed by atoms with Crippen molar-refractivity contribution in [2.75, 3.05) is 0 Å². The lowest BCUT2D eigenvalue weighted by atomic mass is 10.3. The molecule has 0 fully saturated rings. The van der Waals surface area contributed by atoms with Crippen LogP contribution in [0.1, 0.15) is 0 Å². The molecule has 0 amide bonds. The Bertz CT molecular complexity index is 442. The van der Waals surface area contributed by atoms with Gasteiger partial charge < -0.3 is 0 Å². The molecule has 0 bridgehead atoms. The van der Waals surface area contributed by atoms with Crippen LogP contribution in [0, 0.1) is 15.9 Å². The molecule has 0 spiro atoms. The quantitative estimate of drug-likeness (QED) is 0.448. The number of para-hydroxylation sites is 1. The van der Waals surface area contributed by atoms with Gasteiger partial charge in [-0.25, -0.2) is 0 Å². The SMILES string of the molecule is O=S(=O)(Cl)Cl.O=[N+]([O-])c1ccccc1F. The first-order valence-corrected chi connectivity index (χ1v) is 6.38. The Morgan fingerprint density at radius 2 is 1.67 bits per heavy atom. The summed E-state index contributed by atoms with van der Waals surface area (Å²) in [5.41, 5.74) is -0.484. The molecule has 0 aliphatic carbocycles. The zero-order valence-electron chi connectivity index (χ0n) is 6.93. The minimum absolute atomic E-state index is 0.484. The van der Waals surface area contributed by atoms with E-state index in [0.29, 0.717) is 0 Å². The molecule has 0 saturated carbocycles. The molecule has 1 rings (SSSR count). The van der Waals surface area contributed by atoms with E-state index in [2.05, 4.69) is 21.4 Å². The second-order valence-electron chi connectivity index (χ2n) is 2.09. The summed E-state index contributed by atoms with van der Waals surface area (Å²) in [4.78, 5) is 9.23. The molecule has 0 N–H and O–H groups in total. The zero-order chi connectivity index (χ0) is 12.1. The molecular formula is C6H4Cl2FNO4S. The lowest BCUT2D eigenvalue weighted by Crippen LogP contribution is -1.90. The van der Waals surface area contributed by atoms with Gasteiger partial charge in [0.2, 0.25) is 5.82 Å². The average molecular weight is 276 g/mol. The van der Waals surface area contributed by atoms with Gasteiger partial charge in [-0.05, 0) is 6.07 Å². The van der Waals surface area contributed by atoms with E-state index in [-0.39, 0.29) is 0 Å². The third-order valence-electron chi connectivity index (χ3n) is 1.05. The summed E-state index contributed by atoms with van der Waals surface area (Å²) in [6.45, 7) is 0. The summed E-state index contributed by atoms with van der Waals surface area (Å²) in [5, 5.41) is 9.99. The highest BCUT2D eigenvalue weighted by atomic mass is 36.0. The van der Waals surface area contributed by atoms with Crippen molar-refractivity contribution in [2.45, 2.75) is 0 Å². The number of benzene rings is 1. The predicted molar refractivity (Wildman–Crippen MR) is 53.7 cm³/mol. The first-order chi connectivity index (χ1) is 6.72. The molecule has 9 heteroatoms. The van der Waals surface area contributed by atoms with E-state index >= 15 is 0 Å². The maximum absolute atomic E-state index is 12.4. The van der Waals surface area contributed by atoms with Crippen LogP contribution in [-0.2, 0) is 8.26 Å². The molecule has 0 aliphatic rings. The minimum Gasteiger partial charge on any atom is -0.258 e. The summed E-state index contributed by atoms with van der Waals surface area (Å²) in [6.07, 6.45) is 0. The van der Waals surface area contributed by atoms with Crippen LogP contribution in [0.5, 0.6) is 0 Å². The number of rotatable bonds is 1. The van der Waals surface area contributed by atoms with E-state index in [0.717, 1.165) is 12.1 Å². The van der Waals surface area contributed by atoms with Crippen molar-refractivity contribution in [2.24, 2.45) is 0 Å². The highest BCUT2D eigenvalue weighted by Crippen LogP contribution is 2.14. The molecule has 0 saturated heterocycles. The lowest BCUT2D eigenvalue weighted by molar-refractivity contribution is -0.387. The summed E-state index contributed by atoms with van der Waals surface area (Å²) in [6, 6.07) is 5.00. The summed E-state index contributed by atoms with van der Waals surface area (Å²) in [7, 11) is 4.81. The number of nitro groups is 1. The van der Waals surface area contributed by atoms with Crippen LogP contribution < -0.4 is 0 Å². The Morgan fingerprint density at radius 3 is 1.93 bits per heavy atom. The molecule has 84 valence electrons. The summed E-state index contributed by atoms with van der Waals surface area (Å²) < 4.78 is 30.7. The van der Waals surface area contributed by atoms with Crippen LogP contribution in [0.3, 0.4) is 0 Å². The van der Waals surface area contributed by atoms with Crippen molar-refractivity contribution in [1.82, 2.24) is 0 Å². The van der Waals surface area contributed by atoms with Crippen molar-refractivity contribution >= 4 is 35.3 Å². The Balaban J connectivity index is 0.000000336. The Labute approximate surface area is 93.5 Å². The highest BCUT2D eigenvalue weighted by molar-refractivity contribution is 8.31. The Kier molecular flexibility index (Phi) is 5.48. The van der Waals surface area contributed by atoms with Crippen LogP contribution in [0.4, 0.5) is 10.1 Å². The van der Waals surface area contributed by atoms with Gasteiger partial charge in [-0.1, -0.05) is 12.1 Å². The van der Waals surface area contributed by atoms with Crippen molar-refractivity contribution in [3.05, 3.63) is 40.2 Å². The monoisotopic (exact) mass is 275 g/mol. The van der Waals surface area contributed by atoms with E-state index in [1.165, 1.54) is 12.1 Å². The molecule has 0 heterocycles. The number of nitro benzene ring substituents is 1. The fourth-order valence-corrected chi connectivity index (χ4v) is 0.600. The van der Waals surface area contributed by atoms with Crippen LogP contribution in [0.2, 0.25) is 0 Å². The average Bonchev–Trinajstić information content (AvgIpc) is 2.01. The van der Waals surface area contributed by atoms with Gasteiger partial charge in [0.05, 0.1) is 4.92 Å². The van der Waals surface area contributed by atoms with E-state index in [1.54, 1.807) is 0 Å². The van der Waals surface area contributed by atoms with Crippen LogP contribution in [-0.4, -0.2) is 13.3 Å². The van der Waals surface area contributed by atoms with E-state index in [9.17, 15) is 14.5 Å². The van der Waals surface area contributed by atoms with Gasteiger partial charge in [0.15, 0.2) is 0 Å². The van der Waals surface area contributed by atoms with E-state index in [4.69, 9.17) is 8.42 Å². The molecule has 0 atom stereocenters. The van der Waals surface area contributed by atoms with Crippen molar-refractivity contribution < 1.29 is 17.7 Å². The number of hydrogen-bond donors (Lipinski definition) is 0. The van der Waals surface area contributed by atoms with E-state index in [1.807, 2.05) is 0 Å². The van der Waals surface area contributed by atoms with Gasteiger partial charge in [0, 0.05) is 27.4 Å². The van der Waals surface area contributed by atoms with Crippen molar-refractivity contribution in [1.29, 1.82) is 0 Å². The Hall–Kier alpha value is -0.920. The highest BCUT2D eigenvalue weighted by Gasteiger charge is 2.10. The number of hydrogen-bond acceptors (Lipinski definition) is 4. The van der Waals surface area contributed by atoms with Gasteiger partial charge in [-0.2, -0.15) is 12.8 Å². The molecule has 0 aliphatic heterocycles. The predicted octanol–water partition coefficient (Wildman–Crippen LogP) is 2.44. The second kappa shape index (κ2) is 5.84. The maximum Gasteiger partial charge on any atom is 0.317 e. The maximum atomic E-state index is 12.4. The molecular weight excluding hydrogens is 272 g/mol. The standard InChI is InChI=1S/C6H4FNO2.Cl2O2S/c7-5-3-1-2-4-6(5)8(9)10;1-5(2,3)4/h1-4H;. The van der Waals surface area contributed by atoms with Crippen molar-refractivity contribution in [3.8, 4) is 0 Å². The number of halogens is 3. The third-order valence-corrected chi connectivity index (χ3v) is 1.05. The fourth-order valence-electron chi connectivity index (χ4n) is 0.600. The Morgan fingerprint density at radius 1 is 1.27 bits per heavy atom. The minimum atomic E-state index is -3.72. The summed E-state index contributed by atoms with van der Waals surface area (Å²) >= 11 is 0. The third kappa shape index (κ3) is 8.10. The normalized spacial score (nSPS) is 10.1. The second-order valence-corrected chi connectivity index (χ2v) is 5.76. The molecule has 15 heavy (non-hydrogen) atoms. The largest absolute Gasteiger partial charge is 0.317 e. The smallest absolute Gasteiger partial charge is 0.258 e. The van der Waals surface area contributed by atoms with Gasteiger partial charge in [0.25, 0.3) is 0 Å². The van der Waals surface area contributed by atoms with Crippen LogP contribution in [0.25, 0.3) is 0 Å². The van der Waals surface area contributed by atoms with Crippen LogP contribution >= 0.6 is 21.4 Å². The number of nitrogens with zero attached hydrogens (tertiary/aromatic N) is 1. The van der Waals surface area contributed by atoms with Gasteiger partial charge in [0.1, 0.15) is 0 Å². The van der Waals surface area contributed by atoms with Gasteiger partial charge in [-0.3, -0.25) is 10.1 Å². The zero-order valence-corrected chi connectivity index (χ0v) is 9.26. The van der Waals surface area contributed by atoms with Gasteiger partial charge in [-0.15, -0.1) is 0 Å². The topological polar surface area (TPSA) is 77.3 Å². The molecule has 1 aromatic carbocycles. The van der Waals surface area contributed by atoms with Gasteiger partial charge >= 0.3 is 14.0 Å².